The van der Waals surface area contributed by atoms with Crippen molar-refractivity contribution in [2.45, 2.75) is 55.5 Å². The first kappa shape index (κ1) is 28.5. The largest absolute Gasteiger partial charge is 0.349 e. The number of halogens is 3. The second-order valence-corrected chi connectivity index (χ2v) is 12.0. The van der Waals surface area contributed by atoms with Crippen LogP contribution in [0.1, 0.15) is 60.0 Å². The first-order valence-electron chi connectivity index (χ1n) is 12.5. The van der Waals surface area contributed by atoms with Gasteiger partial charge < -0.3 is 11.1 Å². The summed E-state index contributed by atoms with van der Waals surface area (Å²) in [5.41, 5.74) is 9.63. The van der Waals surface area contributed by atoms with Gasteiger partial charge in [-0.2, -0.15) is 0 Å². The topological polar surface area (TPSA) is 101 Å². The van der Waals surface area contributed by atoms with Crippen LogP contribution in [-0.4, -0.2) is 20.9 Å². The Morgan fingerprint density at radius 2 is 1.82 bits per heavy atom. The summed E-state index contributed by atoms with van der Waals surface area (Å²) in [4.78, 5) is 13.1. The second-order valence-electron chi connectivity index (χ2n) is 9.44. The molecule has 0 bridgehead atoms. The highest BCUT2D eigenvalue weighted by Crippen LogP contribution is 2.32. The Hall–Kier alpha value is -2.49. The van der Waals surface area contributed by atoms with Crippen molar-refractivity contribution in [1.82, 2.24) is 10.0 Å². The number of hydrogen-bond acceptors (Lipinski definition) is 4. The summed E-state index contributed by atoms with van der Waals surface area (Å²) < 4.78 is 42.5. The minimum atomic E-state index is -4.07. The maximum atomic E-state index is 13.6. The maximum absolute atomic E-state index is 13.6. The zero-order valence-electron chi connectivity index (χ0n) is 20.7. The van der Waals surface area contributed by atoms with Crippen molar-refractivity contribution in [3.05, 3.63) is 98.8 Å². The molecule has 202 valence electrons. The average Bonchev–Trinajstić information content (AvgIpc) is 2.89. The highest BCUT2D eigenvalue weighted by atomic mass is 35.5. The molecule has 0 aromatic heterocycles. The number of sulfonamides is 1. The van der Waals surface area contributed by atoms with Gasteiger partial charge >= 0.3 is 0 Å². The van der Waals surface area contributed by atoms with Gasteiger partial charge in [0.05, 0.1) is 27.0 Å². The van der Waals surface area contributed by atoms with Gasteiger partial charge in [0.2, 0.25) is 15.9 Å². The normalized spacial score (nSPS) is 16.1. The van der Waals surface area contributed by atoms with Crippen molar-refractivity contribution < 1.29 is 17.6 Å². The van der Waals surface area contributed by atoms with Gasteiger partial charge in [0.25, 0.3) is 0 Å². The Kier molecular flexibility index (Phi) is 9.44. The Labute approximate surface area is 232 Å². The molecule has 38 heavy (non-hydrogen) atoms. The molecule has 1 amide bonds. The lowest BCUT2D eigenvalue weighted by Gasteiger charge is -2.28. The Balaban J connectivity index is 1.53. The summed E-state index contributed by atoms with van der Waals surface area (Å²) in [6.07, 6.45) is 4.33. The van der Waals surface area contributed by atoms with Crippen LogP contribution in [0, 0.1) is 5.82 Å². The minimum Gasteiger partial charge on any atom is -0.349 e. The highest BCUT2D eigenvalue weighted by molar-refractivity contribution is 7.89. The van der Waals surface area contributed by atoms with Gasteiger partial charge in [-0.05, 0) is 91.2 Å². The van der Waals surface area contributed by atoms with Crippen molar-refractivity contribution in [3.63, 3.8) is 0 Å². The van der Waals surface area contributed by atoms with Gasteiger partial charge in [-0.1, -0.05) is 53.5 Å². The van der Waals surface area contributed by atoms with E-state index in [4.69, 9.17) is 28.9 Å². The fourth-order valence-corrected chi connectivity index (χ4v) is 6.35. The number of carbonyl (C=O) groups is 1. The summed E-state index contributed by atoms with van der Waals surface area (Å²) in [5.74, 6) is -0.782. The predicted molar refractivity (Wildman–Crippen MR) is 148 cm³/mol. The lowest BCUT2D eigenvalue weighted by molar-refractivity contribution is -0.122. The van der Waals surface area contributed by atoms with E-state index >= 15 is 0 Å². The number of fused-ring (bicyclic) bond motifs is 1. The predicted octanol–water partition coefficient (Wildman–Crippen LogP) is 5.63. The zero-order valence-corrected chi connectivity index (χ0v) is 23.1. The molecule has 0 spiro atoms. The van der Waals surface area contributed by atoms with Gasteiger partial charge in [0.1, 0.15) is 5.82 Å². The summed E-state index contributed by atoms with van der Waals surface area (Å²) in [7, 11) is -4.07. The third-order valence-corrected chi connectivity index (χ3v) is 8.90. The van der Waals surface area contributed by atoms with Crippen LogP contribution < -0.4 is 15.8 Å². The molecule has 1 aliphatic carbocycles. The molecule has 3 aromatic carbocycles. The summed E-state index contributed by atoms with van der Waals surface area (Å²) in [6.45, 7) is 0.639. The van der Waals surface area contributed by atoms with Crippen LogP contribution in [0.15, 0.2) is 65.6 Å². The van der Waals surface area contributed by atoms with E-state index in [-0.39, 0.29) is 33.3 Å². The number of carbonyl (C=O) groups excluding carboxylic acids is 1. The fourth-order valence-electron chi connectivity index (χ4n) is 4.74. The minimum absolute atomic E-state index is 0.0905. The van der Waals surface area contributed by atoms with E-state index in [1.807, 2.05) is 0 Å². The summed E-state index contributed by atoms with van der Waals surface area (Å²) >= 11 is 12.0. The average molecular weight is 579 g/mol. The number of amides is 1. The molecular formula is C28H30Cl2FN3O3S. The van der Waals surface area contributed by atoms with Crippen molar-refractivity contribution in [2.75, 3.05) is 6.54 Å². The molecular weight excluding hydrogens is 548 g/mol. The van der Waals surface area contributed by atoms with Crippen LogP contribution in [0.25, 0.3) is 0 Å². The summed E-state index contributed by atoms with van der Waals surface area (Å²) in [6, 6.07) is 14.6. The molecule has 0 saturated carbocycles. The van der Waals surface area contributed by atoms with Gasteiger partial charge in [0, 0.05) is 6.42 Å². The van der Waals surface area contributed by atoms with Crippen molar-refractivity contribution in [2.24, 2.45) is 5.73 Å². The smallest absolute Gasteiger partial charge is 0.241 e. The monoisotopic (exact) mass is 577 g/mol. The van der Waals surface area contributed by atoms with E-state index in [0.717, 1.165) is 37.7 Å². The van der Waals surface area contributed by atoms with Crippen LogP contribution in [0.3, 0.4) is 0 Å². The molecule has 1 aliphatic rings. The molecule has 0 aliphatic heterocycles. The molecule has 3 aromatic rings. The van der Waals surface area contributed by atoms with Gasteiger partial charge in [-0.3, -0.25) is 4.79 Å². The van der Waals surface area contributed by atoms with Gasteiger partial charge in [-0.25, -0.2) is 17.5 Å². The lowest BCUT2D eigenvalue weighted by atomic mass is 9.86. The lowest BCUT2D eigenvalue weighted by Crippen LogP contribution is -2.36. The first-order chi connectivity index (χ1) is 18.2. The van der Waals surface area contributed by atoms with Crippen LogP contribution in [0.4, 0.5) is 4.39 Å². The molecule has 10 heteroatoms. The number of rotatable bonds is 10. The Bertz CT molecular complexity index is 1400. The second kappa shape index (κ2) is 12.6. The van der Waals surface area contributed by atoms with Crippen molar-refractivity contribution >= 4 is 39.1 Å². The van der Waals surface area contributed by atoms with Crippen molar-refractivity contribution in [1.29, 1.82) is 0 Å². The number of hydrogen-bond donors (Lipinski definition) is 3. The number of benzene rings is 3. The quantitative estimate of drug-likeness (QED) is 0.290. The van der Waals surface area contributed by atoms with Gasteiger partial charge in [0.15, 0.2) is 0 Å². The number of nitrogens with two attached hydrogens (primary N) is 1. The third-order valence-electron chi connectivity index (χ3n) is 6.69. The number of aryl methyl sites for hydroxylation is 2. The van der Waals surface area contributed by atoms with Crippen LogP contribution in [-0.2, 0) is 27.7 Å². The molecule has 0 fully saturated rings. The van der Waals surface area contributed by atoms with E-state index in [2.05, 4.69) is 28.2 Å². The van der Waals surface area contributed by atoms with E-state index in [0.29, 0.717) is 12.1 Å². The third kappa shape index (κ3) is 7.12. The Morgan fingerprint density at radius 1 is 1.05 bits per heavy atom. The molecule has 1 unspecified atom stereocenters. The molecule has 4 rings (SSSR count). The van der Waals surface area contributed by atoms with Crippen LogP contribution in [0.5, 0.6) is 0 Å². The van der Waals surface area contributed by atoms with Crippen molar-refractivity contribution in [3.8, 4) is 0 Å². The van der Waals surface area contributed by atoms with Gasteiger partial charge in [-0.15, -0.1) is 0 Å². The standard InChI is InChI=1S/C28H30Cl2FN3O3S/c29-24-13-11-22(16-25(24)30)38(36,37)34-27(19-7-9-21(31)10-8-19)17-28(35)33-26-5-1-4-20-15-18(3-2-14-32)6-12-23(20)26/h6-13,15-16,26-27,34H,1-5,14,17,32H2,(H,33,35)/t26?,27-/m1/s1. The molecule has 4 N–H and O–H groups in total. The molecule has 2 atom stereocenters. The Morgan fingerprint density at radius 3 is 2.53 bits per heavy atom. The SMILES string of the molecule is NCCCc1ccc2c(c1)CCCC2NC(=O)C[C@@H](NS(=O)(=O)c1ccc(Cl)c(Cl)c1)c1ccc(F)cc1. The number of nitrogens with one attached hydrogen (secondary N) is 2. The first-order valence-corrected chi connectivity index (χ1v) is 14.7. The van der Waals surface area contributed by atoms with E-state index in [9.17, 15) is 17.6 Å². The molecule has 0 heterocycles. The highest BCUT2D eigenvalue weighted by Gasteiger charge is 2.27. The fraction of sp³-hybridized carbons (Fsp3) is 0.321. The van der Waals surface area contributed by atoms with Crippen LogP contribution in [0.2, 0.25) is 10.0 Å². The molecule has 0 radical (unpaired) electrons. The summed E-state index contributed by atoms with van der Waals surface area (Å²) in [5, 5.41) is 3.40. The zero-order chi connectivity index (χ0) is 27.3. The van der Waals surface area contributed by atoms with E-state index in [1.54, 1.807) is 0 Å². The van der Waals surface area contributed by atoms with Crippen LogP contribution >= 0.6 is 23.2 Å². The van der Waals surface area contributed by atoms with E-state index < -0.39 is 21.9 Å². The van der Waals surface area contributed by atoms with E-state index in [1.165, 1.54) is 53.6 Å². The molecule has 6 nitrogen and oxygen atoms in total. The maximum Gasteiger partial charge on any atom is 0.241 e. The molecule has 0 saturated heterocycles.